The van der Waals surface area contributed by atoms with E-state index in [1.807, 2.05) is 25.1 Å². The van der Waals surface area contributed by atoms with E-state index in [2.05, 4.69) is 27.6 Å². The van der Waals surface area contributed by atoms with E-state index in [-0.39, 0.29) is 30.2 Å². The van der Waals surface area contributed by atoms with E-state index in [0.29, 0.717) is 18.3 Å². The first kappa shape index (κ1) is 20.8. The highest BCUT2D eigenvalue weighted by molar-refractivity contribution is 7.97. The fourth-order valence-corrected chi connectivity index (χ4v) is 4.85. The van der Waals surface area contributed by atoms with Gasteiger partial charge < -0.3 is 15.0 Å². The highest BCUT2D eigenvalue weighted by atomic mass is 32.2. The summed E-state index contributed by atoms with van der Waals surface area (Å²) >= 11 is 3.14. The molecule has 1 aliphatic rings. The van der Waals surface area contributed by atoms with E-state index in [1.165, 1.54) is 16.9 Å². The molecule has 0 aliphatic carbocycles. The van der Waals surface area contributed by atoms with Gasteiger partial charge in [0.1, 0.15) is 5.01 Å². The van der Waals surface area contributed by atoms with Crippen molar-refractivity contribution in [2.75, 3.05) is 25.6 Å². The second kappa shape index (κ2) is 9.99. The lowest BCUT2D eigenvalue weighted by molar-refractivity contribution is -0.130. The summed E-state index contributed by atoms with van der Waals surface area (Å²) in [6.45, 7) is 2.79. The van der Waals surface area contributed by atoms with Gasteiger partial charge in [0.15, 0.2) is 0 Å². The Balaban J connectivity index is 1.47. The van der Waals surface area contributed by atoms with Gasteiger partial charge in [-0.2, -0.15) is 0 Å². The van der Waals surface area contributed by atoms with Gasteiger partial charge in [-0.3, -0.25) is 9.59 Å². The minimum Gasteiger partial charge on any atom is -0.383 e. The SMILES string of the molecule is COC[C@@H](C)N1C[C@H](C(=O)Nc2nnc(CSCc3ccccc3)s2)CC1=O. The van der Waals surface area contributed by atoms with Crippen molar-refractivity contribution in [2.45, 2.75) is 30.9 Å². The number of rotatable bonds is 9. The molecule has 1 N–H and O–H groups in total. The van der Waals surface area contributed by atoms with E-state index in [1.54, 1.807) is 23.8 Å². The van der Waals surface area contributed by atoms with Crippen molar-refractivity contribution in [2.24, 2.45) is 5.92 Å². The topological polar surface area (TPSA) is 84.4 Å². The molecule has 1 aliphatic heterocycles. The van der Waals surface area contributed by atoms with E-state index in [9.17, 15) is 9.59 Å². The molecule has 1 saturated heterocycles. The summed E-state index contributed by atoms with van der Waals surface area (Å²) in [7, 11) is 1.60. The summed E-state index contributed by atoms with van der Waals surface area (Å²) in [6, 6.07) is 10.2. The zero-order valence-electron chi connectivity index (χ0n) is 16.0. The fraction of sp³-hybridized carbons (Fsp3) is 0.474. The lowest BCUT2D eigenvalue weighted by atomic mass is 10.1. The van der Waals surface area contributed by atoms with Gasteiger partial charge in [-0.15, -0.1) is 22.0 Å². The predicted molar refractivity (Wildman–Crippen MR) is 111 cm³/mol. The maximum Gasteiger partial charge on any atom is 0.231 e. The molecular formula is C19H24N4O3S2. The third-order valence-electron chi connectivity index (χ3n) is 4.50. The largest absolute Gasteiger partial charge is 0.383 e. The van der Waals surface area contributed by atoms with Gasteiger partial charge in [0.2, 0.25) is 16.9 Å². The Morgan fingerprint density at radius 2 is 2.14 bits per heavy atom. The maximum atomic E-state index is 12.5. The molecular weight excluding hydrogens is 396 g/mol. The maximum absolute atomic E-state index is 12.5. The molecule has 1 aromatic heterocycles. The van der Waals surface area contributed by atoms with Crippen LogP contribution in [-0.4, -0.2) is 53.2 Å². The molecule has 28 heavy (non-hydrogen) atoms. The smallest absolute Gasteiger partial charge is 0.231 e. The summed E-state index contributed by atoms with van der Waals surface area (Å²) in [5.41, 5.74) is 1.27. The Bertz CT molecular complexity index is 799. The van der Waals surface area contributed by atoms with Crippen LogP contribution in [0.2, 0.25) is 0 Å². The summed E-state index contributed by atoms with van der Waals surface area (Å²) in [4.78, 5) is 26.4. The van der Waals surface area contributed by atoms with Gasteiger partial charge in [-0.05, 0) is 12.5 Å². The number of nitrogens with one attached hydrogen (secondary N) is 1. The van der Waals surface area contributed by atoms with Crippen molar-refractivity contribution in [3.05, 3.63) is 40.9 Å². The number of benzene rings is 1. The molecule has 1 fully saturated rings. The molecule has 0 radical (unpaired) electrons. The summed E-state index contributed by atoms with van der Waals surface area (Å²) in [6.07, 6.45) is 0.221. The Labute approximate surface area is 172 Å². The second-order valence-corrected chi connectivity index (χ2v) is 8.77. The van der Waals surface area contributed by atoms with Crippen LogP contribution in [0.1, 0.15) is 23.9 Å². The van der Waals surface area contributed by atoms with Crippen LogP contribution in [0.15, 0.2) is 30.3 Å². The number of anilines is 1. The number of thioether (sulfide) groups is 1. The summed E-state index contributed by atoms with van der Waals surface area (Å²) in [5.74, 6) is 1.08. The lowest BCUT2D eigenvalue weighted by Gasteiger charge is -2.23. The van der Waals surface area contributed by atoms with E-state index in [0.717, 1.165) is 16.5 Å². The average molecular weight is 421 g/mol. The number of hydrogen-bond donors (Lipinski definition) is 1. The molecule has 2 amide bonds. The number of ether oxygens (including phenoxy) is 1. The number of aromatic nitrogens is 2. The lowest BCUT2D eigenvalue weighted by Crippen LogP contribution is -2.38. The Morgan fingerprint density at radius 3 is 2.89 bits per heavy atom. The minimum absolute atomic E-state index is 0.0139. The first-order chi connectivity index (χ1) is 13.6. The van der Waals surface area contributed by atoms with Crippen LogP contribution in [0.5, 0.6) is 0 Å². The standard InChI is InChI=1S/C19H24N4O3S2/c1-13(10-26-2)23-9-15(8-17(23)24)18(25)20-19-22-21-16(28-19)12-27-11-14-6-4-3-5-7-14/h3-7,13,15H,8-12H2,1-2H3,(H,20,22,25)/t13-,15-/m1/s1. The van der Waals surface area contributed by atoms with Crippen LogP contribution in [0.4, 0.5) is 5.13 Å². The highest BCUT2D eigenvalue weighted by Crippen LogP contribution is 2.25. The molecule has 1 aromatic carbocycles. The molecule has 9 heteroatoms. The van der Waals surface area contributed by atoms with Gasteiger partial charge >= 0.3 is 0 Å². The van der Waals surface area contributed by atoms with Gasteiger partial charge in [-0.1, -0.05) is 41.7 Å². The molecule has 0 bridgehead atoms. The van der Waals surface area contributed by atoms with Gasteiger partial charge in [0, 0.05) is 31.6 Å². The zero-order chi connectivity index (χ0) is 19.9. The van der Waals surface area contributed by atoms with Crippen molar-refractivity contribution < 1.29 is 14.3 Å². The normalized spacial score (nSPS) is 17.7. The molecule has 3 rings (SSSR count). The van der Waals surface area contributed by atoms with E-state index in [4.69, 9.17) is 4.74 Å². The number of carbonyl (C=O) groups excluding carboxylic acids is 2. The third kappa shape index (κ3) is 5.52. The third-order valence-corrected chi connectivity index (χ3v) is 6.54. The highest BCUT2D eigenvalue weighted by Gasteiger charge is 2.36. The molecule has 0 saturated carbocycles. The molecule has 2 aromatic rings. The van der Waals surface area contributed by atoms with E-state index < -0.39 is 0 Å². The van der Waals surface area contributed by atoms with Crippen LogP contribution < -0.4 is 5.32 Å². The molecule has 0 unspecified atom stereocenters. The minimum atomic E-state index is -0.369. The molecule has 150 valence electrons. The number of carbonyl (C=O) groups is 2. The molecule has 2 atom stereocenters. The monoisotopic (exact) mass is 420 g/mol. The van der Waals surface area contributed by atoms with Crippen LogP contribution in [0.25, 0.3) is 0 Å². The van der Waals surface area contributed by atoms with Crippen LogP contribution in [0.3, 0.4) is 0 Å². The number of methoxy groups -OCH3 is 1. The van der Waals surface area contributed by atoms with Gasteiger partial charge in [0.05, 0.1) is 18.6 Å². The zero-order valence-corrected chi connectivity index (χ0v) is 17.6. The van der Waals surface area contributed by atoms with Crippen LogP contribution >= 0.6 is 23.1 Å². The second-order valence-electron chi connectivity index (χ2n) is 6.72. The Hall–Kier alpha value is -1.97. The van der Waals surface area contributed by atoms with Crippen LogP contribution in [0, 0.1) is 5.92 Å². The van der Waals surface area contributed by atoms with E-state index >= 15 is 0 Å². The van der Waals surface area contributed by atoms with Crippen molar-refractivity contribution in [1.29, 1.82) is 0 Å². The average Bonchev–Trinajstić information content (AvgIpc) is 3.29. The number of nitrogens with zero attached hydrogens (tertiary/aromatic N) is 3. The van der Waals surface area contributed by atoms with Gasteiger partial charge in [0.25, 0.3) is 0 Å². The van der Waals surface area contributed by atoms with Crippen molar-refractivity contribution >= 4 is 40.0 Å². The summed E-state index contributed by atoms with van der Waals surface area (Å²) in [5, 5.41) is 12.4. The Kier molecular flexibility index (Phi) is 7.41. The quantitative estimate of drug-likeness (QED) is 0.672. The van der Waals surface area contributed by atoms with Crippen molar-refractivity contribution in [3.63, 3.8) is 0 Å². The number of amides is 2. The van der Waals surface area contributed by atoms with Crippen molar-refractivity contribution in [1.82, 2.24) is 15.1 Å². The summed E-state index contributed by atoms with van der Waals surface area (Å²) < 4.78 is 5.11. The molecule has 0 spiro atoms. The fourth-order valence-electron chi connectivity index (χ4n) is 3.06. The van der Waals surface area contributed by atoms with Crippen LogP contribution in [-0.2, 0) is 25.8 Å². The van der Waals surface area contributed by atoms with Crippen molar-refractivity contribution in [3.8, 4) is 0 Å². The molecule has 7 nitrogen and oxygen atoms in total. The Morgan fingerprint density at radius 1 is 1.36 bits per heavy atom. The molecule has 2 heterocycles. The van der Waals surface area contributed by atoms with Gasteiger partial charge in [-0.25, -0.2) is 0 Å². The predicted octanol–water partition coefficient (Wildman–Crippen LogP) is 2.79. The number of hydrogen-bond acceptors (Lipinski definition) is 7. The number of likely N-dealkylation sites (tertiary alicyclic amines) is 1. The first-order valence-electron chi connectivity index (χ1n) is 9.10. The first-order valence-corrected chi connectivity index (χ1v) is 11.1.